The van der Waals surface area contributed by atoms with Gasteiger partial charge in [-0.3, -0.25) is 0 Å². The van der Waals surface area contributed by atoms with Gasteiger partial charge in [0.1, 0.15) is 7.05 Å². The normalized spacial score (nSPS) is 11.1. The largest absolute Gasteiger partial charge is 0.287 e. The Morgan fingerprint density at radius 3 is 2.27 bits per heavy atom. The van der Waals surface area contributed by atoms with Crippen molar-refractivity contribution in [3.05, 3.63) is 78.1 Å². The van der Waals surface area contributed by atoms with Crippen molar-refractivity contribution in [1.29, 1.82) is 0 Å². The van der Waals surface area contributed by atoms with Crippen molar-refractivity contribution in [2.45, 2.75) is 13.8 Å². The van der Waals surface area contributed by atoms with Gasteiger partial charge in [-0.2, -0.15) is 4.57 Å². The molecule has 0 saturated carbocycles. The maximum absolute atomic E-state index is 4.57. The highest BCUT2D eigenvalue weighted by atomic mass is 15.0. The van der Waals surface area contributed by atoms with E-state index >= 15 is 0 Å². The third kappa shape index (κ3) is 2.57. The van der Waals surface area contributed by atoms with Crippen LogP contribution in [0.2, 0.25) is 0 Å². The Morgan fingerprint density at radius 1 is 0.731 bits per heavy atom. The first-order valence-corrected chi connectivity index (χ1v) is 8.87. The van der Waals surface area contributed by atoms with Crippen LogP contribution in [-0.4, -0.2) is 4.98 Å². The molecule has 0 amide bonds. The minimum absolute atomic E-state index is 1.02. The number of para-hydroxylation sites is 1. The van der Waals surface area contributed by atoms with E-state index in [1.807, 2.05) is 12.4 Å². The van der Waals surface area contributed by atoms with Crippen molar-refractivity contribution in [3.8, 4) is 22.6 Å². The molecule has 0 atom stereocenters. The van der Waals surface area contributed by atoms with Crippen LogP contribution in [0.15, 0.2) is 67.0 Å². The van der Waals surface area contributed by atoms with Gasteiger partial charge in [0.2, 0.25) is 11.4 Å². The first-order chi connectivity index (χ1) is 12.6. The number of aromatic nitrogens is 3. The summed E-state index contributed by atoms with van der Waals surface area (Å²) in [6, 6.07) is 21.3. The van der Waals surface area contributed by atoms with Gasteiger partial charge in [-0.1, -0.05) is 30.3 Å². The summed E-state index contributed by atoms with van der Waals surface area (Å²) >= 11 is 0. The van der Waals surface area contributed by atoms with E-state index < -0.39 is 0 Å². The summed E-state index contributed by atoms with van der Waals surface area (Å²) in [6.45, 7) is 4.34. The molecular formula is C23H23N3+2. The summed E-state index contributed by atoms with van der Waals surface area (Å²) in [4.78, 5) is 4.57. The quantitative estimate of drug-likeness (QED) is 0.508. The fraction of sp³-hybridized carbons (Fsp3) is 0.174. The highest BCUT2D eigenvalue weighted by molar-refractivity contribution is 5.89. The average Bonchev–Trinajstić information content (AvgIpc) is 2.64. The van der Waals surface area contributed by atoms with Gasteiger partial charge in [0.15, 0.2) is 5.52 Å². The van der Waals surface area contributed by atoms with Gasteiger partial charge < -0.3 is 0 Å². The molecule has 128 valence electrons. The van der Waals surface area contributed by atoms with Gasteiger partial charge in [0, 0.05) is 17.2 Å². The lowest BCUT2D eigenvalue weighted by Gasteiger charge is -2.11. The smallest absolute Gasteiger partial charge is 0.227 e. The summed E-state index contributed by atoms with van der Waals surface area (Å²) in [6.07, 6.45) is 1.90. The minimum atomic E-state index is 1.02. The molecule has 2 aromatic carbocycles. The molecule has 4 rings (SSSR count). The van der Waals surface area contributed by atoms with Crippen molar-refractivity contribution < 1.29 is 9.13 Å². The van der Waals surface area contributed by atoms with Crippen LogP contribution in [0, 0.1) is 13.8 Å². The van der Waals surface area contributed by atoms with Crippen molar-refractivity contribution in [3.63, 3.8) is 0 Å². The molecule has 2 heterocycles. The number of pyridine rings is 1. The fourth-order valence-electron chi connectivity index (χ4n) is 3.73. The average molecular weight is 341 g/mol. The van der Waals surface area contributed by atoms with E-state index in [0.717, 1.165) is 10.9 Å². The standard InChI is InChI=1S/C23H23N3/c1-16-9-5-6-10-18(16)21-14-13-17(2)22(26(21)4)23-19-11-7-8-12-20(19)24-15-25(23)3/h5-15H,1-4H3/q+2. The predicted molar refractivity (Wildman–Crippen MR) is 104 cm³/mol. The van der Waals surface area contributed by atoms with Gasteiger partial charge in [-0.15, -0.1) is 0 Å². The molecule has 0 aliphatic carbocycles. The van der Waals surface area contributed by atoms with E-state index in [1.165, 1.54) is 33.8 Å². The maximum atomic E-state index is 4.57. The molecule has 0 spiro atoms. The third-order valence-electron chi connectivity index (χ3n) is 5.09. The Labute approximate surface area is 154 Å². The molecule has 0 N–H and O–H groups in total. The Kier molecular flexibility index (Phi) is 4.00. The molecule has 0 aliphatic heterocycles. The highest BCUT2D eigenvalue weighted by Crippen LogP contribution is 2.27. The maximum Gasteiger partial charge on any atom is 0.287 e. The van der Waals surface area contributed by atoms with Crippen LogP contribution >= 0.6 is 0 Å². The van der Waals surface area contributed by atoms with E-state index in [-0.39, 0.29) is 0 Å². The first kappa shape index (κ1) is 16.4. The number of fused-ring (bicyclic) bond motifs is 1. The SMILES string of the molecule is Cc1ccccc1-c1ccc(C)c(-c2c3ccccc3nc[n+]2C)[n+]1C. The Balaban J connectivity index is 2.07. The minimum Gasteiger partial charge on any atom is -0.227 e. The van der Waals surface area contributed by atoms with Crippen LogP contribution in [0.1, 0.15) is 11.1 Å². The number of hydrogen-bond donors (Lipinski definition) is 0. The lowest BCUT2D eigenvalue weighted by Crippen LogP contribution is -2.41. The van der Waals surface area contributed by atoms with E-state index in [1.54, 1.807) is 0 Å². The topological polar surface area (TPSA) is 20.6 Å². The van der Waals surface area contributed by atoms with Crippen LogP contribution in [0.5, 0.6) is 0 Å². The van der Waals surface area contributed by atoms with Crippen LogP contribution in [0.25, 0.3) is 33.5 Å². The first-order valence-electron chi connectivity index (χ1n) is 8.87. The number of hydrogen-bond acceptors (Lipinski definition) is 1. The molecule has 2 aromatic heterocycles. The predicted octanol–water partition coefficient (Wildman–Crippen LogP) is 3.83. The summed E-state index contributed by atoms with van der Waals surface area (Å²) in [5.74, 6) is 0. The fourth-order valence-corrected chi connectivity index (χ4v) is 3.73. The molecule has 3 nitrogen and oxygen atoms in total. The number of nitrogens with zero attached hydrogens (tertiary/aromatic N) is 3. The number of rotatable bonds is 2. The van der Waals surface area contributed by atoms with E-state index in [9.17, 15) is 0 Å². The van der Waals surface area contributed by atoms with Crippen LogP contribution in [0.3, 0.4) is 0 Å². The lowest BCUT2D eigenvalue weighted by molar-refractivity contribution is -0.686. The zero-order valence-electron chi connectivity index (χ0n) is 15.7. The monoisotopic (exact) mass is 341 g/mol. The summed E-state index contributed by atoms with van der Waals surface area (Å²) in [5, 5.41) is 1.16. The summed E-state index contributed by atoms with van der Waals surface area (Å²) in [7, 11) is 4.22. The van der Waals surface area contributed by atoms with Crippen LogP contribution in [-0.2, 0) is 14.1 Å². The van der Waals surface area contributed by atoms with Crippen LogP contribution in [0.4, 0.5) is 0 Å². The Bertz CT molecular complexity index is 1130. The van der Waals surface area contributed by atoms with Gasteiger partial charge in [0.05, 0.1) is 12.4 Å². The number of aryl methyl sites for hydroxylation is 3. The third-order valence-corrected chi connectivity index (χ3v) is 5.09. The second-order valence-corrected chi connectivity index (χ2v) is 6.85. The van der Waals surface area contributed by atoms with Gasteiger partial charge in [-0.05, 0) is 48.7 Å². The lowest BCUT2D eigenvalue weighted by atomic mass is 10.0. The molecule has 0 unspecified atom stereocenters. The van der Waals surface area contributed by atoms with Crippen LogP contribution < -0.4 is 9.13 Å². The van der Waals surface area contributed by atoms with Crippen molar-refractivity contribution >= 4 is 10.9 Å². The highest BCUT2D eigenvalue weighted by Gasteiger charge is 2.27. The van der Waals surface area contributed by atoms with Crippen molar-refractivity contribution in [2.24, 2.45) is 14.1 Å². The Morgan fingerprint density at radius 2 is 1.46 bits per heavy atom. The van der Waals surface area contributed by atoms with Gasteiger partial charge >= 0.3 is 0 Å². The molecule has 0 bridgehead atoms. The van der Waals surface area contributed by atoms with E-state index in [2.05, 4.69) is 96.7 Å². The van der Waals surface area contributed by atoms with Crippen molar-refractivity contribution in [1.82, 2.24) is 4.98 Å². The summed E-state index contributed by atoms with van der Waals surface area (Å²) < 4.78 is 4.42. The molecule has 0 radical (unpaired) electrons. The zero-order valence-corrected chi connectivity index (χ0v) is 15.7. The van der Waals surface area contributed by atoms with Crippen molar-refractivity contribution in [2.75, 3.05) is 0 Å². The number of benzene rings is 2. The molecule has 26 heavy (non-hydrogen) atoms. The van der Waals surface area contributed by atoms with E-state index in [4.69, 9.17) is 0 Å². The molecule has 0 aliphatic rings. The van der Waals surface area contributed by atoms with E-state index in [0.29, 0.717) is 0 Å². The van der Waals surface area contributed by atoms with Gasteiger partial charge in [-0.25, -0.2) is 4.57 Å². The Hall–Kier alpha value is -3.07. The molecule has 0 fully saturated rings. The molecular weight excluding hydrogens is 318 g/mol. The second kappa shape index (κ2) is 6.34. The van der Waals surface area contributed by atoms with Gasteiger partial charge in [0.25, 0.3) is 12.0 Å². The zero-order chi connectivity index (χ0) is 18.3. The molecule has 0 saturated heterocycles. The molecule has 4 aromatic rings. The summed E-state index contributed by atoms with van der Waals surface area (Å²) in [5.41, 5.74) is 8.42. The molecule has 3 heteroatoms. The second-order valence-electron chi connectivity index (χ2n) is 6.85.